The summed E-state index contributed by atoms with van der Waals surface area (Å²) in [7, 11) is 1.76. The highest BCUT2D eigenvalue weighted by molar-refractivity contribution is 14.0. The van der Waals surface area contributed by atoms with Crippen LogP contribution in [-0.2, 0) is 6.54 Å². The molecule has 1 atom stereocenters. The molecule has 27 heavy (non-hydrogen) atoms. The van der Waals surface area contributed by atoms with Crippen LogP contribution < -0.4 is 10.6 Å². The zero-order chi connectivity index (χ0) is 18.4. The number of benzene rings is 1. The van der Waals surface area contributed by atoms with Crippen molar-refractivity contribution in [1.82, 2.24) is 25.4 Å². The first-order valence-corrected chi connectivity index (χ1v) is 9.45. The Morgan fingerprint density at radius 1 is 1.30 bits per heavy atom. The molecule has 6 nitrogen and oxygen atoms in total. The molecule has 0 fully saturated rings. The van der Waals surface area contributed by atoms with E-state index in [9.17, 15) is 0 Å². The molecule has 9 heteroatoms. The number of nitrogens with zero attached hydrogens (tertiary/aromatic N) is 4. The molecule has 1 unspecified atom stereocenters. The van der Waals surface area contributed by atoms with Crippen molar-refractivity contribution in [3.63, 3.8) is 0 Å². The molecule has 0 aliphatic heterocycles. The van der Waals surface area contributed by atoms with E-state index in [1.54, 1.807) is 24.6 Å². The fourth-order valence-electron chi connectivity index (χ4n) is 2.57. The predicted molar refractivity (Wildman–Crippen MR) is 122 cm³/mol. The minimum absolute atomic E-state index is 0. The van der Waals surface area contributed by atoms with Gasteiger partial charge in [0.15, 0.2) is 5.96 Å². The second kappa shape index (κ2) is 10.6. The average molecular weight is 517 g/mol. The maximum atomic E-state index is 6.02. The Morgan fingerprint density at radius 2 is 2.07 bits per heavy atom. The highest BCUT2D eigenvalue weighted by Crippen LogP contribution is 2.19. The summed E-state index contributed by atoms with van der Waals surface area (Å²) < 4.78 is 1.92. The quantitative estimate of drug-likeness (QED) is 0.297. The summed E-state index contributed by atoms with van der Waals surface area (Å²) in [5.41, 5.74) is 1.12. The van der Waals surface area contributed by atoms with Crippen molar-refractivity contribution < 1.29 is 0 Å². The highest BCUT2D eigenvalue weighted by Gasteiger charge is 2.15. The topological polar surface area (TPSA) is 67.1 Å². The lowest BCUT2D eigenvalue weighted by molar-refractivity contribution is 0.510. The number of aliphatic imine (C=N–C) groups is 1. The van der Waals surface area contributed by atoms with Crippen LogP contribution in [0.2, 0.25) is 5.02 Å². The van der Waals surface area contributed by atoms with E-state index >= 15 is 0 Å². The third-order valence-electron chi connectivity index (χ3n) is 3.86. The molecular weight excluding hydrogens is 495 g/mol. The van der Waals surface area contributed by atoms with E-state index in [0.717, 1.165) is 21.6 Å². The number of hydrogen-bond acceptors (Lipinski definition) is 4. The van der Waals surface area contributed by atoms with Crippen LogP contribution in [0.1, 0.15) is 21.5 Å². The summed E-state index contributed by atoms with van der Waals surface area (Å²) in [4.78, 5) is 9.85. The van der Waals surface area contributed by atoms with Gasteiger partial charge in [-0.25, -0.2) is 4.98 Å². The van der Waals surface area contributed by atoms with Gasteiger partial charge in [0.1, 0.15) is 5.01 Å². The third kappa shape index (κ3) is 6.18. The fourth-order valence-corrected chi connectivity index (χ4v) is 3.42. The molecule has 0 spiro atoms. The van der Waals surface area contributed by atoms with Crippen molar-refractivity contribution >= 4 is 52.9 Å². The van der Waals surface area contributed by atoms with E-state index in [1.165, 1.54) is 4.88 Å². The summed E-state index contributed by atoms with van der Waals surface area (Å²) in [5.74, 6) is 0.726. The SMILES string of the molecule is CN=C(NCc1ncc(C)s1)NCC(c1ccc(Cl)cc1)n1cccn1.I. The van der Waals surface area contributed by atoms with Crippen LogP contribution in [0.15, 0.2) is 53.9 Å². The number of rotatable bonds is 6. The number of aromatic nitrogens is 3. The lowest BCUT2D eigenvalue weighted by Crippen LogP contribution is -2.40. The van der Waals surface area contributed by atoms with Crippen molar-refractivity contribution in [3.05, 3.63) is 69.4 Å². The number of hydrogen-bond donors (Lipinski definition) is 2. The summed E-state index contributed by atoms with van der Waals surface area (Å²) >= 11 is 7.70. The molecule has 2 aromatic heterocycles. The smallest absolute Gasteiger partial charge is 0.191 e. The average Bonchev–Trinajstić information content (AvgIpc) is 3.31. The Labute approximate surface area is 185 Å². The van der Waals surface area contributed by atoms with Crippen LogP contribution in [-0.4, -0.2) is 34.3 Å². The van der Waals surface area contributed by atoms with Gasteiger partial charge >= 0.3 is 0 Å². The van der Waals surface area contributed by atoms with Crippen molar-refractivity contribution in [1.29, 1.82) is 0 Å². The van der Waals surface area contributed by atoms with Gasteiger partial charge in [0.05, 0.1) is 12.6 Å². The highest BCUT2D eigenvalue weighted by atomic mass is 127. The van der Waals surface area contributed by atoms with Gasteiger partial charge in [0.25, 0.3) is 0 Å². The van der Waals surface area contributed by atoms with Crippen molar-refractivity contribution in [3.8, 4) is 0 Å². The summed E-state index contributed by atoms with van der Waals surface area (Å²) in [6.45, 7) is 3.33. The van der Waals surface area contributed by atoms with Gasteiger partial charge < -0.3 is 10.6 Å². The molecule has 3 aromatic rings. The predicted octanol–water partition coefficient (Wildman–Crippen LogP) is 3.87. The van der Waals surface area contributed by atoms with Crippen LogP contribution in [0.25, 0.3) is 0 Å². The molecule has 3 rings (SSSR count). The lowest BCUT2D eigenvalue weighted by Gasteiger charge is -2.20. The van der Waals surface area contributed by atoms with Crippen LogP contribution in [0.5, 0.6) is 0 Å². The summed E-state index contributed by atoms with van der Waals surface area (Å²) in [5, 5.41) is 12.8. The maximum absolute atomic E-state index is 6.02. The minimum atomic E-state index is 0. The Hall–Kier alpha value is -1.65. The van der Waals surface area contributed by atoms with Gasteiger partial charge in [-0.2, -0.15) is 5.10 Å². The van der Waals surface area contributed by atoms with Gasteiger partial charge in [0.2, 0.25) is 0 Å². The number of thiazole rings is 1. The zero-order valence-corrected chi connectivity index (χ0v) is 19.0. The Kier molecular flexibility index (Phi) is 8.52. The standard InChI is InChI=1S/C18H21ClN6S.HI/c1-13-10-21-17(26-13)12-23-18(20-2)22-11-16(25-9-3-8-24-25)14-4-6-15(19)7-5-14;/h3-10,16H,11-12H2,1-2H3,(H2,20,22,23);1H. The molecule has 0 aliphatic rings. The minimum Gasteiger partial charge on any atom is -0.354 e. The maximum Gasteiger partial charge on any atom is 0.191 e. The van der Waals surface area contributed by atoms with Crippen molar-refractivity contribution in [2.24, 2.45) is 4.99 Å². The molecule has 0 radical (unpaired) electrons. The Bertz CT molecular complexity index is 847. The van der Waals surface area contributed by atoms with E-state index in [0.29, 0.717) is 13.1 Å². The Balaban J connectivity index is 0.00000261. The van der Waals surface area contributed by atoms with Crippen LogP contribution in [0, 0.1) is 6.92 Å². The number of nitrogens with one attached hydrogen (secondary N) is 2. The van der Waals surface area contributed by atoms with Crippen LogP contribution in [0.4, 0.5) is 0 Å². The second-order valence-corrected chi connectivity index (χ2v) is 7.48. The zero-order valence-electron chi connectivity index (χ0n) is 15.1. The van der Waals surface area contributed by atoms with E-state index in [2.05, 4.69) is 32.6 Å². The molecule has 0 aliphatic carbocycles. The van der Waals surface area contributed by atoms with E-state index in [1.807, 2.05) is 47.4 Å². The normalized spacial score (nSPS) is 12.3. The molecule has 0 amide bonds. The first kappa shape index (κ1) is 21.6. The number of halogens is 2. The molecule has 0 bridgehead atoms. The fraction of sp³-hybridized carbons (Fsp3) is 0.278. The van der Waals surface area contributed by atoms with Gasteiger partial charge in [-0.15, -0.1) is 35.3 Å². The van der Waals surface area contributed by atoms with Gasteiger partial charge in [0, 0.05) is 42.1 Å². The molecule has 0 saturated carbocycles. The molecule has 1 aromatic carbocycles. The van der Waals surface area contributed by atoms with Crippen molar-refractivity contribution in [2.75, 3.05) is 13.6 Å². The monoisotopic (exact) mass is 516 g/mol. The molecule has 0 saturated heterocycles. The summed E-state index contributed by atoms with van der Waals surface area (Å²) in [6, 6.07) is 9.77. The lowest BCUT2D eigenvalue weighted by atomic mass is 10.1. The molecule has 144 valence electrons. The largest absolute Gasteiger partial charge is 0.354 e. The molecule has 2 N–H and O–H groups in total. The number of aryl methyl sites for hydroxylation is 1. The van der Waals surface area contributed by atoms with Gasteiger partial charge in [-0.05, 0) is 30.7 Å². The third-order valence-corrected chi connectivity index (χ3v) is 5.03. The second-order valence-electron chi connectivity index (χ2n) is 5.72. The van der Waals surface area contributed by atoms with Gasteiger partial charge in [-0.3, -0.25) is 9.67 Å². The van der Waals surface area contributed by atoms with Crippen molar-refractivity contribution in [2.45, 2.75) is 19.5 Å². The summed E-state index contributed by atoms with van der Waals surface area (Å²) in [6.07, 6.45) is 5.61. The van der Waals surface area contributed by atoms with Crippen LogP contribution in [0.3, 0.4) is 0 Å². The van der Waals surface area contributed by atoms with E-state index < -0.39 is 0 Å². The van der Waals surface area contributed by atoms with Crippen LogP contribution >= 0.6 is 46.9 Å². The van der Waals surface area contributed by atoms with Gasteiger partial charge in [-0.1, -0.05) is 23.7 Å². The molecule has 2 heterocycles. The van der Waals surface area contributed by atoms with E-state index in [-0.39, 0.29) is 30.0 Å². The Morgan fingerprint density at radius 3 is 2.67 bits per heavy atom. The number of guanidine groups is 1. The first-order chi connectivity index (χ1) is 12.7. The first-order valence-electron chi connectivity index (χ1n) is 8.26. The van der Waals surface area contributed by atoms with E-state index in [4.69, 9.17) is 11.6 Å². The molecular formula is C18H22ClIN6S.